The number of aromatic nitrogens is 2. The van der Waals surface area contributed by atoms with Gasteiger partial charge in [-0.3, -0.25) is 4.98 Å². The third-order valence-electron chi connectivity index (χ3n) is 1.60. The zero-order chi connectivity index (χ0) is 9.10. The zero-order valence-electron chi connectivity index (χ0n) is 6.64. The standard InChI is InChI=1S/C9H5N3O/c10-5-7-6-13-12-9(7)8-3-1-2-4-11-8/h1-4,6H. The van der Waals surface area contributed by atoms with Crippen LogP contribution in [-0.2, 0) is 0 Å². The van der Waals surface area contributed by atoms with E-state index in [1.165, 1.54) is 6.26 Å². The van der Waals surface area contributed by atoms with Gasteiger partial charge in [-0.1, -0.05) is 11.2 Å². The fourth-order valence-electron chi connectivity index (χ4n) is 1.00. The Morgan fingerprint density at radius 3 is 3.00 bits per heavy atom. The first kappa shape index (κ1) is 7.50. The minimum Gasteiger partial charge on any atom is -0.363 e. The van der Waals surface area contributed by atoms with Crippen molar-refractivity contribution in [2.45, 2.75) is 0 Å². The summed E-state index contributed by atoms with van der Waals surface area (Å²) in [5.74, 6) is 0. The maximum Gasteiger partial charge on any atom is 0.150 e. The van der Waals surface area contributed by atoms with Gasteiger partial charge in [-0.05, 0) is 12.1 Å². The van der Waals surface area contributed by atoms with Crippen molar-refractivity contribution in [3.63, 3.8) is 0 Å². The topological polar surface area (TPSA) is 62.7 Å². The van der Waals surface area contributed by atoms with Crippen LogP contribution in [0.5, 0.6) is 0 Å². The predicted octanol–water partition coefficient (Wildman–Crippen LogP) is 1.61. The lowest BCUT2D eigenvalue weighted by Gasteiger charge is -1.91. The molecule has 2 heterocycles. The van der Waals surface area contributed by atoms with Crippen LogP contribution in [0, 0.1) is 11.3 Å². The Kier molecular flexibility index (Phi) is 1.77. The molecular formula is C9H5N3O. The summed E-state index contributed by atoms with van der Waals surface area (Å²) in [5, 5.41) is 12.4. The molecule has 0 N–H and O–H groups in total. The van der Waals surface area contributed by atoms with Crippen LogP contribution in [0.25, 0.3) is 11.4 Å². The highest BCUT2D eigenvalue weighted by Crippen LogP contribution is 2.17. The van der Waals surface area contributed by atoms with E-state index in [9.17, 15) is 0 Å². The minimum atomic E-state index is 0.402. The van der Waals surface area contributed by atoms with Crippen LogP contribution in [0.4, 0.5) is 0 Å². The van der Waals surface area contributed by atoms with E-state index in [2.05, 4.69) is 14.7 Å². The monoisotopic (exact) mass is 171 g/mol. The summed E-state index contributed by atoms with van der Waals surface area (Å²) in [4.78, 5) is 4.06. The Morgan fingerprint density at radius 2 is 2.31 bits per heavy atom. The van der Waals surface area contributed by atoms with Gasteiger partial charge in [0.05, 0.1) is 5.69 Å². The van der Waals surface area contributed by atoms with Gasteiger partial charge in [0.15, 0.2) is 0 Å². The highest BCUT2D eigenvalue weighted by atomic mass is 16.5. The fraction of sp³-hybridized carbons (Fsp3) is 0. The van der Waals surface area contributed by atoms with E-state index < -0.39 is 0 Å². The van der Waals surface area contributed by atoms with Crippen LogP contribution >= 0.6 is 0 Å². The quantitative estimate of drug-likeness (QED) is 0.653. The molecule has 2 aromatic rings. The Balaban J connectivity index is 2.54. The van der Waals surface area contributed by atoms with Crippen LogP contribution in [0.2, 0.25) is 0 Å². The summed E-state index contributed by atoms with van der Waals surface area (Å²) in [6.45, 7) is 0. The molecule has 0 aromatic carbocycles. The molecule has 0 spiro atoms. The number of nitriles is 1. The molecule has 0 radical (unpaired) electrons. The molecule has 0 saturated heterocycles. The minimum absolute atomic E-state index is 0.402. The first-order valence-corrected chi connectivity index (χ1v) is 3.67. The van der Waals surface area contributed by atoms with Crippen LogP contribution in [0.3, 0.4) is 0 Å². The van der Waals surface area contributed by atoms with Crippen LogP contribution < -0.4 is 0 Å². The van der Waals surface area contributed by atoms with Gasteiger partial charge in [-0.25, -0.2) is 0 Å². The van der Waals surface area contributed by atoms with Crippen LogP contribution in [0.15, 0.2) is 35.2 Å². The lowest BCUT2D eigenvalue weighted by molar-refractivity contribution is 0.422. The Bertz CT molecular complexity index is 441. The van der Waals surface area contributed by atoms with Gasteiger partial charge in [0, 0.05) is 6.20 Å². The van der Waals surface area contributed by atoms with Crippen molar-refractivity contribution in [3.05, 3.63) is 36.2 Å². The van der Waals surface area contributed by atoms with Gasteiger partial charge < -0.3 is 4.52 Å². The van der Waals surface area contributed by atoms with Crippen molar-refractivity contribution in [2.24, 2.45) is 0 Å². The normalized spacial score (nSPS) is 9.46. The molecule has 0 aliphatic carbocycles. The van der Waals surface area contributed by atoms with E-state index in [1.54, 1.807) is 18.3 Å². The van der Waals surface area contributed by atoms with Crippen molar-refractivity contribution < 1.29 is 4.52 Å². The van der Waals surface area contributed by atoms with E-state index in [4.69, 9.17) is 5.26 Å². The second kappa shape index (κ2) is 3.07. The van der Waals surface area contributed by atoms with E-state index in [-0.39, 0.29) is 0 Å². The first-order valence-electron chi connectivity index (χ1n) is 3.67. The number of hydrogen-bond donors (Lipinski definition) is 0. The SMILES string of the molecule is N#Cc1conc1-c1ccccn1. The van der Waals surface area contributed by atoms with Crippen molar-refractivity contribution in [1.29, 1.82) is 5.26 Å². The van der Waals surface area contributed by atoms with E-state index in [1.807, 2.05) is 12.1 Å². The molecule has 0 fully saturated rings. The lowest BCUT2D eigenvalue weighted by Crippen LogP contribution is -1.84. The summed E-state index contributed by atoms with van der Waals surface area (Å²) in [6, 6.07) is 7.39. The average Bonchev–Trinajstić information content (AvgIpc) is 2.67. The average molecular weight is 171 g/mol. The van der Waals surface area contributed by atoms with Gasteiger partial charge >= 0.3 is 0 Å². The van der Waals surface area contributed by atoms with Gasteiger partial charge in [-0.15, -0.1) is 0 Å². The summed E-state index contributed by atoms with van der Waals surface area (Å²) in [6.07, 6.45) is 2.95. The number of nitrogens with zero attached hydrogens (tertiary/aromatic N) is 3. The second-order valence-electron chi connectivity index (χ2n) is 2.40. The number of hydrogen-bond acceptors (Lipinski definition) is 4. The highest BCUT2D eigenvalue weighted by molar-refractivity contribution is 5.61. The van der Waals surface area contributed by atoms with Crippen LogP contribution in [0.1, 0.15) is 5.56 Å². The van der Waals surface area contributed by atoms with Gasteiger partial charge in [0.1, 0.15) is 23.6 Å². The first-order chi connectivity index (χ1) is 6.42. The summed E-state index contributed by atoms with van der Waals surface area (Å²) < 4.78 is 4.68. The molecule has 0 aliphatic heterocycles. The van der Waals surface area contributed by atoms with Crippen LogP contribution in [-0.4, -0.2) is 10.1 Å². The predicted molar refractivity (Wildman–Crippen MR) is 44.4 cm³/mol. The third kappa shape index (κ3) is 1.27. The summed E-state index contributed by atoms with van der Waals surface area (Å²) in [7, 11) is 0. The fourth-order valence-corrected chi connectivity index (χ4v) is 1.00. The maximum absolute atomic E-state index is 8.69. The molecule has 62 valence electrons. The van der Waals surface area contributed by atoms with Crippen molar-refractivity contribution in [1.82, 2.24) is 10.1 Å². The Morgan fingerprint density at radius 1 is 1.38 bits per heavy atom. The Labute approximate surface area is 74.4 Å². The van der Waals surface area contributed by atoms with Crippen molar-refractivity contribution in [3.8, 4) is 17.5 Å². The molecule has 0 atom stereocenters. The molecule has 4 nitrogen and oxygen atoms in total. The molecule has 13 heavy (non-hydrogen) atoms. The smallest absolute Gasteiger partial charge is 0.150 e. The van der Waals surface area contributed by atoms with E-state index in [0.717, 1.165) is 0 Å². The number of pyridine rings is 1. The molecule has 2 aromatic heterocycles. The largest absolute Gasteiger partial charge is 0.363 e. The molecule has 0 amide bonds. The molecule has 0 bridgehead atoms. The molecular weight excluding hydrogens is 166 g/mol. The zero-order valence-corrected chi connectivity index (χ0v) is 6.64. The molecule has 2 rings (SSSR count). The molecule has 0 saturated carbocycles. The third-order valence-corrected chi connectivity index (χ3v) is 1.60. The van der Waals surface area contributed by atoms with Crippen molar-refractivity contribution in [2.75, 3.05) is 0 Å². The van der Waals surface area contributed by atoms with Gasteiger partial charge in [-0.2, -0.15) is 5.26 Å². The van der Waals surface area contributed by atoms with E-state index >= 15 is 0 Å². The summed E-state index contributed by atoms with van der Waals surface area (Å²) >= 11 is 0. The second-order valence-corrected chi connectivity index (χ2v) is 2.40. The number of rotatable bonds is 1. The highest BCUT2D eigenvalue weighted by Gasteiger charge is 2.09. The molecule has 0 unspecified atom stereocenters. The van der Waals surface area contributed by atoms with Gasteiger partial charge in [0.2, 0.25) is 0 Å². The summed E-state index contributed by atoms with van der Waals surface area (Å²) in [5.41, 5.74) is 1.54. The van der Waals surface area contributed by atoms with E-state index in [0.29, 0.717) is 17.0 Å². The van der Waals surface area contributed by atoms with Crippen molar-refractivity contribution >= 4 is 0 Å². The Hall–Kier alpha value is -2.15. The molecule has 4 heteroatoms. The van der Waals surface area contributed by atoms with Gasteiger partial charge in [0.25, 0.3) is 0 Å². The lowest BCUT2D eigenvalue weighted by atomic mass is 10.2. The molecule has 0 aliphatic rings. The maximum atomic E-state index is 8.69.